The van der Waals surface area contributed by atoms with Crippen LogP contribution in [0.25, 0.3) is 0 Å². The van der Waals surface area contributed by atoms with Gasteiger partial charge in [-0.1, -0.05) is 23.7 Å². The van der Waals surface area contributed by atoms with E-state index in [0.717, 1.165) is 43.8 Å². The normalized spacial score (nSPS) is 10.4. The summed E-state index contributed by atoms with van der Waals surface area (Å²) in [7, 11) is 1.43. The monoisotopic (exact) mass is 283 g/mol. The average Bonchev–Trinajstić information content (AvgIpc) is 2.41. The Kier molecular flexibility index (Phi) is 8.26. The molecule has 4 heteroatoms. The molecule has 0 radical (unpaired) electrons. The first kappa shape index (κ1) is 16.0. The minimum Gasteiger partial charge on any atom is -0.469 e. The first-order valence-corrected chi connectivity index (χ1v) is 7.12. The standard InChI is InChI=1S/C15H22ClNO2/c1-19-15(18)9-2-3-10-17-11-5-7-13-6-4-8-14(16)12-13/h4,6,8,12,17H,2-3,5,7,9-11H2,1H3. The van der Waals surface area contributed by atoms with Gasteiger partial charge >= 0.3 is 5.97 Å². The van der Waals surface area contributed by atoms with Gasteiger partial charge < -0.3 is 10.1 Å². The van der Waals surface area contributed by atoms with Crippen molar-refractivity contribution in [3.63, 3.8) is 0 Å². The first-order chi connectivity index (χ1) is 9.22. The molecule has 19 heavy (non-hydrogen) atoms. The lowest BCUT2D eigenvalue weighted by Crippen LogP contribution is -2.17. The van der Waals surface area contributed by atoms with E-state index in [4.69, 9.17) is 11.6 Å². The van der Waals surface area contributed by atoms with Gasteiger partial charge in [-0.25, -0.2) is 0 Å². The summed E-state index contributed by atoms with van der Waals surface area (Å²) in [4.78, 5) is 10.9. The Morgan fingerprint density at radius 1 is 1.26 bits per heavy atom. The smallest absolute Gasteiger partial charge is 0.305 e. The van der Waals surface area contributed by atoms with Crippen LogP contribution in [0, 0.1) is 0 Å². The molecule has 1 N–H and O–H groups in total. The van der Waals surface area contributed by atoms with E-state index in [1.54, 1.807) is 0 Å². The number of halogens is 1. The van der Waals surface area contributed by atoms with E-state index in [1.807, 2.05) is 18.2 Å². The van der Waals surface area contributed by atoms with Gasteiger partial charge in [0.15, 0.2) is 0 Å². The average molecular weight is 284 g/mol. The number of benzene rings is 1. The first-order valence-electron chi connectivity index (χ1n) is 6.74. The summed E-state index contributed by atoms with van der Waals surface area (Å²) in [5.74, 6) is -0.124. The van der Waals surface area contributed by atoms with Crippen LogP contribution < -0.4 is 5.32 Å². The Hall–Kier alpha value is -1.06. The number of methoxy groups -OCH3 is 1. The van der Waals surface area contributed by atoms with Gasteiger partial charge in [0.2, 0.25) is 0 Å². The second-order valence-corrected chi connectivity index (χ2v) is 4.95. The lowest BCUT2D eigenvalue weighted by Gasteiger charge is -2.05. The lowest BCUT2D eigenvalue weighted by molar-refractivity contribution is -0.140. The molecular formula is C15H22ClNO2. The Morgan fingerprint density at radius 3 is 2.79 bits per heavy atom. The fourth-order valence-electron chi connectivity index (χ4n) is 1.86. The van der Waals surface area contributed by atoms with Gasteiger partial charge in [0.1, 0.15) is 0 Å². The fraction of sp³-hybridized carbons (Fsp3) is 0.533. The number of rotatable bonds is 9. The number of aryl methyl sites for hydroxylation is 1. The van der Waals surface area contributed by atoms with Crippen molar-refractivity contribution < 1.29 is 9.53 Å². The summed E-state index contributed by atoms with van der Waals surface area (Å²) in [6.07, 6.45) is 4.54. The van der Waals surface area contributed by atoms with Crippen LogP contribution >= 0.6 is 11.6 Å². The molecule has 1 rings (SSSR count). The van der Waals surface area contributed by atoms with Crippen LogP contribution in [0.4, 0.5) is 0 Å². The van der Waals surface area contributed by atoms with Crippen LogP contribution in [-0.2, 0) is 16.0 Å². The van der Waals surface area contributed by atoms with Crippen molar-refractivity contribution in [1.82, 2.24) is 5.32 Å². The van der Waals surface area contributed by atoms with Crippen LogP contribution in [0.5, 0.6) is 0 Å². The second-order valence-electron chi connectivity index (χ2n) is 4.52. The number of esters is 1. The Morgan fingerprint density at radius 2 is 2.05 bits per heavy atom. The molecule has 0 saturated heterocycles. The summed E-state index contributed by atoms with van der Waals surface area (Å²) in [6, 6.07) is 7.99. The molecule has 0 amide bonds. The molecule has 0 aliphatic carbocycles. The topological polar surface area (TPSA) is 38.3 Å². The predicted octanol–water partition coefficient (Wildman–Crippen LogP) is 3.21. The van der Waals surface area contributed by atoms with Crippen LogP contribution in [0.15, 0.2) is 24.3 Å². The third kappa shape index (κ3) is 7.85. The van der Waals surface area contributed by atoms with E-state index >= 15 is 0 Å². The van der Waals surface area contributed by atoms with Gasteiger partial charge in [-0.15, -0.1) is 0 Å². The summed E-state index contributed by atoms with van der Waals surface area (Å²) in [5.41, 5.74) is 1.28. The van der Waals surface area contributed by atoms with Crippen LogP contribution in [0.3, 0.4) is 0 Å². The highest BCUT2D eigenvalue weighted by atomic mass is 35.5. The van der Waals surface area contributed by atoms with E-state index in [2.05, 4.69) is 16.1 Å². The number of carbonyl (C=O) groups is 1. The zero-order valence-corrected chi connectivity index (χ0v) is 12.2. The Bertz CT molecular complexity index is 382. The van der Waals surface area contributed by atoms with E-state index in [-0.39, 0.29) is 5.97 Å². The summed E-state index contributed by atoms with van der Waals surface area (Å²) in [6.45, 7) is 1.94. The van der Waals surface area contributed by atoms with E-state index in [1.165, 1.54) is 12.7 Å². The SMILES string of the molecule is COC(=O)CCCCNCCCc1cccc(Cl)c1. The molecule has 0 aliphatic rings. The van der Waals surface area contributed by atoms with Crippen molar-refractivity contribution in [3.8, 4) is 0 Å². The van der Waals surface area contributed by atoms with Crippen LogP contribution in [0.1, 0.15) is 31.2 Å². The predicted molar refractivity (Wildman–Crippen MR) is 78.5 cm³/mol. The van der Waals surface area contributed by atoms with E-state index in [0.29, 0.717) is 6.42 Å². The fourth-order valence-corrected chi connectivity index (χ4v) is 2.07. The molecule has 1 aromatic rings. The number of ether oxygens (including phenoxy) is 1. The highest BCUT2D eigenvalue weighted by Gasteiger charge is 1.99. The molecule has 0 aliphatic heterocycles. The Balaban J connectivity index is 1.95. The zero-order valence-electron chi connectivity index (χ0n) is 11.5. The molecule has 0 unspecified atom stereocenters. The third-order valence-electron chi connectivity index (χ3n) is 2.92. The van der Waals surface area contributed by atoms with Crippen molar-refractivity contribution in [2.75, 3.05) is 20.2 Å². The van der Waals surface area contributed by atoms with Crippen molar-refractivity contribution in [1.29, 1.82) is 0 Å². The number of unbranched alkanes of at least 4 members (excludes halogenated alkanes) is 1. The molecule has 0 spiro atoms. The zero-order chi connectivity index (χ0) is 13.9. The van der Waals surface area contributed by atoms with Crippen molar-refractivity contribution >= 4 is 17.6 Å². The van der Waals surface area contributed by atoms with Crippen molar-refractivity contribution in [2.24, 2.45) is 0 Å². The second kappa shape index (κ2) is 9.82. The quantitative estimate of drug-likeness (QED) is 0.559. The molecular weight excluding hydrogens is 262 g/mol. The Labute approximate surface area is 120 Å². The molecule has 0 heterocycles. The molecule has 1 aromatic carbocycles. The summed E-state index contributed by atoms with van der Waals surface area (Å²) in [5, 5.41) is 4.18. The molecule has 0 atom stereocenters. The van der Waals surface area contributed by atoms with Crippen LogP contribution in [-0.4, -0.2) is 26.2 Å². The van der Waals surface area contributed by atoms with Gasteiger partial charge in [0.05, 0.1) is 7.11 Å². The van der Waals surface area contributed by atoms with Gasteiger partial charge in [0.25, 0.3) is 0 Å². The maximum absolute atomic E-state index is 10.9. The number of carbonyl (C=O) groups excluding carboxylic acids is 1. The van der Waals surface area contributed by atoms with Gasteiger partial charge in [0, 0.05) is 11.4 Å². The summed E-state index contributed by atoms with van der Waals surface area (Å²) >= 11 is 5.93. The molecule has 0 saturated carbocycles. The number of hydrogen-bond acceptors (Lipinski definition) is 3. The highest BCUT2D eigenvalue weighted by molar-refractivity contribution is 6.30. The largest absolute Gasteiger partial charge is 0.469 e. The minimum atomic E-state index is -0.124. The molecule has 106 valence electrons. The number of nitrogens with one attached hydrogen (secondary N) is 1. The maximum atomic E-state index is 10.9. The molecule has 0 fully saturated rings. The molecule has 0 aromatic heterocycles. The van der Waals surface area contributed by atoms with E-state index < -0.39 is 0 Å². The lowest BCUT2D eigenvalue weighted by atomic mass is 10.1. The van der Waals surface area contributed by atoms with Gasteiger partial charge in [-0.2, -0.15) is 0 Å². The van der Waals surface area contributed by atoms with Crippen molar-refractivity contribution in [2.45, 2.75) is 32.1 Å². The third-order valence-corrected chi connectivity index (χ3v) is 3.16. The van der Waals surface area contributed by atoms with Gasteiger partial charge in [-0.05, 0) is 56.5 Å². The van der Waals surface area contributed by atoms with E-state index in [9.17, 15) is 4.79 Å². The minimum absolute atomic E-state index is 0.124. The molecule has 0 bridgehead atoms. The van der Waals surface area contributed by atoms with Crippen molar-refractivity contribution in [3.05, 3.63) is 34.9 Å². The molecule has 3 nitrogen and oxygen atoms in total. The number of hydrogen-bond donors (Lipinski definition) is 1. The highest BCUT2D eigenvalue weighted by Crippen LogP contribution is 2.11. The van der Waals surface area contributed by atoms with Gasteiger partial charge in [-0.3, -0.25) is 4.79 Å². The maximum Gasteiger partial charge on any atom is 0.305 e. The van der Waals surface area contributed by atoms with Crippen LogP contribution in [0.2, 0.25) is 5.02 Å². The summed E-state index contributed by atoms with van der Waals surface area (Å²) < 4.78 is 4.58.